The summed E-state index contributed by atoms with van der Waals surface area (Å²) in [5, 5.41) is 14.9. The third-order valence-corrected chi connectivity index (χ3v) is 4.83. The van der Waals surface area contributed by atoms with Gasteiger partial charge in [-0.15, -0.1) is 11.3 Å². The second-order valence-electron chi connectivity index (χ2n) is 5.41. The van der Waals surface area contributed by atoms with Gasteiger partial charge in [0.15, 0.2) is 0 Å². The number of rotatable bonds is 7. The van der Waals surface area contributed by atoms with Gasteiger partial charge in [0.25, 0.3) is 0 Å². The second-order valence-corrected chi connectivity index (χ2v) is 6.40. The normalized spacial score (nSPS) is 14.2. The molecule has 0 aliphatic rings. The number of aliphatic hydroxyl groups excluding tert-OH is 1. The van der Waals surface area contributed by atoms with E-state index in [0.717, 1.165) is 19.4 Å². The summed E-state index contributed by atoms with van der Waals surface area (Å²) in [6, 6.07) is 12.7. The van der Waals surface area contributed by atoms with Crippen LogP contribution >= 0.6 is 11.3 Å². The quantitative estimate of drug-likeness (QED) is 0.806. The molecule has 0 aliphatic heterocycles. The zero-order valence-electron chi connectivity index (χ0n) is 12.2. The van der Waals surface area contributed by atoms with Crippen LogP contribution in [0.3, 0.4) is 0 Å². The molecule has 2 rings (SSSR count). The number of nitrogens with one attached hydrogen (secondary N) is 1. The lowest BCUT2D eigenvalue weighted by Crippen LogP contribution is -2.41. The van der Waals surface area contributed by atoms with E-state index in [0.29, 0.717) is 0 Å². The van der Waals surface area contributed by atoms with Gasteiger partial charge in [-0.2, -0.15) is 0 Å². The van der Waals surface area contributed by atoms with Crippen molar-refractivity contribution < 1.29 is 5.11 Å². The monoisotopic (exact) mass is 289 g/mol. The van der Waals surface area contributed by atoms with Crippen molar-refractivity contribution in [3.8, 4) is 11.1 Å². The van der Waals surface area contributed by atoms with E-state index in [4.69, 9.17) is 5.11 Å². The summed E-state index contributed by atoms with van der Waals surface area (Å²) in [4.78, 5) is 1.33. The summed E-state index contributed by atoms with van der Waals surface area (Å²) in [5.74, 6) is 0. The molecular formula is C17H23NOS. The van der Waals surface area contributed by atoms with Crippen LogP contribution in [0.4, 0.5) is 0 Å². The van der Waals surface area contributed by atoms with Crippen molar-refractivity contribution in [3.63, 3.8) is 0 Å². The summed E-state index contributed by atoms with van der Waals surface area (Å²) in [5.41, 5.74) is 2.57. The smallest absolute Gasteiger partial charge is 0.0448 e. The van der Waals surface area contributed by atoms with E-state index in [-0.39, 0.29) is 12.1 Å². The third kappa shape index (κ3) is 3.92. The van der Waals surface area contributed by atoms with Crippen LogP contribution in [0.2, 0.25) is 0 Å². The molecule has 3 heteroatoms. The SMILES string of the molecule is CCC(C)(CCO)NCc1cc(-c2ccccc2)cs1. The lowest BCUT2D eigenvalue weighted by Gasteiger charge is -2.28. The second kappa shape index (κ2) is 7.02. The van der Waals surface area contributed by atoms with E-state index in [1.54, 1.807) is 11.3 Å². The van der Waals surface area contributed by atoms with Crippen LogP contribution in [0, 0.1) is 0 Å². The standard InChI is InChI=1S/C17H23NOS/c1-3-17(2,9-10-19)18-12-16-11-15(13-20-16)14-7-5-4-6-8-14/h4-8,11,13,18-19H,3,9-10,12H2,1-2H3. The lowest BCUT2D eigenvalue weighted by atomic mass is 9.95. The first-order chi connectivity index (χ1) is 9.67. The molecule has 0 fully saturated rings. The van der Waals surface area contributed by atoms with Gasteiger partial charge in [-0.05, 0) is 42.3 Å². The first-order valence-corrected chi connectivity index (χ1v) is 8.03. The van der Waals surface area contributed by atoms with E-state index in [9.17, 15) is 0 Å². The van der Waals surface area contributed by atoms with Gasteiger partial charge < -0.3 is 10.4 Å². The zero-order valence-corrected chi connectivity index (χ0v) is 13.0. The van der Waals surface area contributed by atoms with Gasteiger partial charge in [0.05, 0.1) is 0 Å². The highest BCUT2D eigenvalue weighted by molar-refractivity contribution is 7.10. The van der Waals surface area contributed by atoms with E-state index in [2.05, 4.69) is 54.9 Å². The van der Waals surface area contributed by atoms with Gasteiger partial charge in [-0.1, -0.05) is 37.3 Å². The van der Waals surface area contributed by atoms with Gasteiger partial charge in [0.1, 0.15) is 0 Å². The molecule has 0 amide bonds. The van der Waals surface area contributed by atoms with Crippen LogP contribution < -0.4 is 5.32 Å². The Bertz CT molecular complexity index is 523. The number of hydrogen-bond donors (Lipinski definition) is 2. The zero-order chi connectivity index (χ0) is 14.4. The number of benzene rings is 1. The maximum absolute atomic E-state index is 9.15. The van der Waals surface area contributed by atoms with Crippen molar-refractivity contribution in [1.82, 2.24) is 5.32 Å². The average molecular weight is 289 g/mol. The maximum Gasteiger partial charge on any atom is 0.0448 e. The molecule has 108 valence electrons. The summed E-state index contributed by atoms with van der Waals surface area (Å²) in [6.07, 6.45) is 1.81. The first-order valence-electron chi connectivity index (χ1n) is 7.15. The Kier molecular flexibility index (Phi) is 5.35. The molecule has 1 unspecified atom stereocenters. The number of thiophene rings is 1. The third-order valence-electron chi connectivity index (χ3n) is 3.89. The van der Waals surface area contributed by atoms with E-state index >= 15 is 0 Å². The summed E-state index contributed by atoms with van der Waals surface area (Å²) in [7, 11) is 0. The Morgan fingerprint density at radius 3 is 2.60 bits per heavy atom. The predicted molar refractivity (Wildman–Crippen MR) is 87.0 cm³/mol. The highest BCUT2D eigenvalue weighted by Crippen LogP contribution is 2.26. The van der Waals surface area contributed by atoms with Crippen molar-refractivity contribution in [2.45, 2.75) is 38.8 Å². The highest BCUT2D eigenvalue weighted by Gasteiger charge is 2.20. The maximum atomic E-state index is 9.15. The molecule has 1 atom stereocenters. The fraction of sp³-hybridized carbons (Fsp3) is 0.412. The Labute approximate surface area is 125 Å². The van der Waals surface area contributed by atoms with E-state index in [1.165, 1.54) is 16.0 Å². The van der Waals surface area contributed by atoms with Crippen molar-refractivity contribution in [2.75, 3.05) is 6.61 Å². The molecule has 1 heterocycles. The molecule has 2 aromatic rings. The molecule has 2 nitrogen and oxygen atoms in total. The molecule has 0 spiro atoms. The Hall–Kier alpha value is -1.16. The summed E-state index contributed by atoms with van der Waals surface area (Å²) in [6.45, 7) is 5.43. The van der Waals surface area contributed by atoms with Crippen molar-refractivity contribution in [3.05, 3.63) is 46.7 Å². The Balaban J connectivity index is 2.00. The van der Waals surface area contributed by atoms with Gasteiger partial charge in [-0.3, -0.25) is 0 Å². The molecule has 2 N–H and O–H groups in total. The number of hydrogen-bond acceptors (Lipinski definition) is 3. The molecule has 1 aromatic heterocycles. The summed E-state index contributed by atoms with van der Waals surface area (Å²) >= 11 is 1.79. The van der Waals surface area contributed by atoms with Crippen LogP contribution in [0.15, 0.2) is 41.8 Å². The van der Waals surface area contributed by atoms with E-state index < -0.39 is 0 Å². The fourth-order valence-corrected chi connectivity index (χ4v) is 3.03. The predicted octanol–water partition coefficient (Wildman–Crippen LogP) is 4.06. The van der Waals surface area contributed by atoms with Gasteiger partial charge in [-0.25, -0.2) is 0 Å². The summed E-state index contributed by atoms with van der Waals surface area (Å²) < 4.78 is 0. The van der Waals surface area contributed by atoms with Gasteiger partial charge >= 0.3 is 0 Å². The molecule has 0 radical (unpaired) electrons. The average Bonchev–Trinajstić information content (AvgIpc) is 2.95. The van der Waals surface area contributed by atoms with Crippen LogP contribution in [0.5, 0.6) is 0 Å². The molecule has 0 saturated heterocycles. The minimum Gasteiger partial charge on any atom is -0.396 e. The minimum absolute atomic E-state index is 0.0195. The Morgan fingerprint density at radius 1 is 1.20 bits per heavy atom. The molecule has 0 bridgehead atoms. The molecule has 0 saturated carbocycles. The molecule has 1 aromatic carbocycles. The highest BCUT2D eigenvalue weighted by atomic mass is 32.1. The molecule has 20 heavy (non-hydrogen) atoms. The van der Waals surface area contributed by atoms with Crippen LogP contribution in [0.1, 0.15) is 31.6 Å². The fourth-order valence-electron chi connectivity index (χ4n) is 2.19. The topological polar surface area (TPSA) is 32.3 Å². The molecule has 0 aliphatic carbocycles. The van der Waals surface area contributed by atoms with E-state index in [1.807, 2.05) is 6.07 Å². The lowest BCUT2D eigenvalue weighted by molar-refractivity contribution is 0.215. The van der Waals surface area contributed by atoms with Gasteiger partial charge in [0, 0.05) is 23.6 Å². The van der Waals surface area contributed by atoms with Crippen molar-refractivity contribution >= 4 is 11.3 Å². The number of aliphatic hydroxyl groups is 1. The van der Waals surface area contributed by atoms with Gasteiger partial charge in [0.2, 0.25) is 0 Å². The van der Waals surface area contributed by atoms with Crippen LogP contribution in [-0.4, -0.2) is 17.3 Å². The Morgan fingerprint density at radius 2 is 1.95 bits per heavy atom. The van der Waals surface area contributed by atoms with Crippen LogP contribution in [-0.2, 0) is 6.54 Å². The van der Waals surface area contributed by atoms with Crippen LogP contribution in [0.25, 0.3) is 11.1 Å². The first kappa shape index (κ1) is 15.2. The molecular weight excluding hydrogens is 266 g/mol. The largest absolute Gasteiger partial charge is 0.396 e. The van der Waals surface area contributed by atoms with Crippen molar-refractivity contribution in [2.24, 2.45) is 0 Å². The van der Waals surface area contributed by atoms with Crippen molar-refractivity contribution in [1.29, 1.82) is 0 Å². The minimum atomic E-state index is 0.0195.